The van der Waals surface area contributed by atoms with Crippen LogP contribution in [0.15, 0.2) is 59.1 Å². The Morgan fingerprint density at radius 3 is 2.48 bits per heavy atom. The second-order valence-corrected chi connectivity index (χ2v) is 6.18. The number of ether oxygens (including phenoxy) is 2. The van der Waals surface area contributed by atoms with Gasteiger partial charge in [-0.1, -0.05) is 42.1 Å². The average molecular weight is 352 g/mol. The predicted molar refractivity (Wildman–Crippen MR) is 98.2 cm³/mol. The van der Waals surface area contributed by atoms with Crippen LogP contribution < -0.4 is 14.9 Å². The highest BCUT2D eigenvalue weighted by Crippen LogP contribution is 2.34. The first-order chi connectivity index (χ1) is 12.3. The molecule has 0 fully saturated rings. The molecule has 0 bridgehead atoms. The number of hydrogen-bond donors (Lipinski definition) is 1. The van der Waals surface area contributed by atoms with Crippen LogP contribution in [0.3, 0.4) is 0 Å². The van der Waals surface area contributed by atoms with Crippen molar-refractivity contribution in [3.05, 3.63) is 59.5 Å². The zero-order valence-corrected chi connectivity index (χ0v) is 14.6. The highest BCUT2D eigenvalue weighted by atomic mass is 32.2. The molecular formula is C18H16N4O2S. The van der Waals surface area contributed by atoms with E-state index in [4.69, 9.17) is 9.47 Å². The summed E-state index contributed by atoms with van der Waals surface area (Å²) in [6.07, 6.45) is 0. The van der Waals surface area contributed by atoms with E-state index in [2.05, 4.69) is 15.6 Å². The van der Waals surface area contributed by atoms with Gasteiger partial charge in [-0.25, -0.2) is 4.68 Å². The van der Waals surface area contributed by atoms with Crippen LogP contribution in [-0.2, 0) is 0 Å². The average Bonchev–Trinajstić information content (AvgIpc) is 3.11. The van der Waals surface area contributed by atoms with Gasteiger partial charge in [-0.2, -0.15) is 0 Å². The van der Waals surface area contributed by atoms with Gasteiger partial charge in [0.1, 0.15) is 0 Å². The number of hydrogen-bond acceptors (Lipinski definition) is 6. The Morgan fingerprint density at radius 2 is 1.72 bits per heavy atom. The van der Waals surface area contributed by atoms with Crippen LogP contribution >= 0.6 is 11.8 Å². The van der Waals surface area contributed by atoms with Gasteiger partial charge in [0.05, 0.1) is 19.9 Å². The molecule has 2 heterocycles. The van der Waals surface area contributed by atoms with E-state index in [-0.39, 0.29) is 0 Å². The molecule has 0 unspecified atom stereocenters. The van der Waals surface area contributed by atoms with E-state index >= 15 is 0 Å². The zero-order valence-electron chi connectivity index (χ0n) is 13.8. The molecule has 25 heavy (non-hydrogen) atoms. The monoisotopic (exact) mass is 352 g/mol. The van der Waals surface area contributed by atoms with E-state index in [9.17, 15) is 0 Å². The third-order valence-electron chi connectivity index (χ3n) is 3.87. The fraction of sp³-hybridized carbons (Fsp3) is 0.111. The van der Waals surface area contributed by atoms with Crippen molar-refractivity contribution in [2.75, 3.05) is 19.6 Å². The number of aromatic nitrogens is 3. The molecule has 1 aliphatic heterocycles. The van der Waals surface area contributed by atoms with E-state index < -0.39 is 0 Å². The largest absolute Gasteiger partial charge is 0.493 e. The maximum Gasteiger partial charge on any atom is 0.214 e. The molecule has 1 aromatic heterocycles. The standard InChI is InChI=1S/C18H16N4O2S/c1-23-15-9-8-13(10-16(15)24-2)14-11-25-18-20-19-17(22(18)21-14)12-6-4-3-5-7-12/h3-11,21H,1-2H3. The van der Waals surface area contributed by atoms with Crippen LogP contribution in [-0.4, -0.2) is 29.1 Å². The number of nitrogens with zero attached hydrogens (tertiary/aromatic N) is 3. The van der Waals surface area contributed by atoms with E-state index in [1.807, 2.05) is 58.6 Å². The third kappa shape index (κ3) is 2.83. The minimum atomic E-state index is 0.686. The minimum absolute atomic E-state index is 0.686. The summed E-state index contributed by atoms with van der Waals surface area (Å²) in [5, 5.41) is 11.4. The third-order valence-corrected chi connectivity index (χ3v) is 4.70. The lowest BCUT2D eigenvalue weighted by molar-refractivity contribution is 0.355. The number of rotatable bonds is 4. The number of methoxy groups -OCH3 is 2. The van der Waals surface area contributed by atoms with Gasteiger partial charge in [0.15, 0.2) is 17.3 Å². The highest BCUT2D eigenvalue weighted by molar-refractivity contribution is 8.02. The normalized spacial score (nSPS) is 12.8. The lowest BCUT2D eigenvalue weighted by Gasteiger charge is -2.20. The maximum atomic E-state index is 5.40. The van der Waals surface area contributed by atoms with Crippen LogP contribution in [0.2, 0.25) is 0 Å². The van der Waals surface area contributed by atoms with Gasteiger partial charge in [0, 0.05) is 16.5 Å². The molecule has 0 saturated carbocycles. The summed E-state index contributed by atoms with van der Waals surface area (Å²) in [6.45, 7) is 0. The summed E-state index contributed by atoms with van der Waals surface area (Å²) in [5.74, 6) is 2.16. The van der Waals surface area contributed by atoms with Crippen molar-refractivity contribution < 1.29 is 9.47 Å². The summed E-state index contributed by atoms with van der Waals surface area (Å²) < 4.78 is 12.6. The molecule has 1 aliphatic rings. The molecule has 0 aliphatic carbocycles. The van der Waals surface area contributed by atoms with E-state index in [1.54, 1.807) is 14.2 Å². The van der Waals surface area contributed by atoms with Gasteiger partial charge < -0.3 is 9.47 Å². The van der Waals surface area contributed by atoms with Crippen molar-refractivity contribution >= 4 is 17.5 Å². The lowest BCUT2D eigenvalue weighted by atomic mass is 10.1. The van der Waals surface area contributed by atoms with Crippen molar-refractivity contribution in [1.82, 2.24) is 14.9 Å². The molecule has 126 valence electrons. The molecule has 0 saturated heterocycles. The van der Waals surface area contributed by atoms with E-state index in [0.717, 1.165) is 27.8 Å². The van der Waals surface area contributed by atoms with Crippen LogP contribution in [0.25, 0.3) is 17.1 Å². The number of benzene rings is 2. The molecule has 0 atom stereocenters. The summed E-state index contributed by atoms with van der Waals surface area (Å²) in [4.78, 5) is 0. The molecule has 2 aromatic carbocycles. The maximum absolute atomic E-state index is 5.40. The first kappa shape index (κ1) is 15.6. The molecule has 0 amide bonds. The Morgan fingerprint density at radius 1 is 0.920 bits per heavy atom. The molecule has 1 N–H and O–H groups in total. The summed E-state index contributed by atoms with van der Waals surface area (Å²) in [7, 11) is 3.26. The van der Waals surface area contributed by atoms with Gasteiger partial charge in [0.2, 0.25) is 5.16 Å². The molecule has 6 nitrogen and oxygen atoms in total. The Hall–Kier alpha value is -2.93. The summed E-state index contributed by atoms with van der Waals surface area (Å²) >= 11 is 1.52. The smallest absolute Gasteiger partial charge is 0.214 e. The lowest BCUT2D eigenvalue weighted by Crippen LogP contribution is -2.18. The first-order valence-electron chi connectivity index (χ1n) is 7.67. The van der Waals surface area contributed by atoms with Crippen molar-refractivity contribution in [1.29, 1.82) is 0 Å². The summed E-state index contributed by atoms with van der Waals surface area (Å²) in [6, 6.07) is 15.8. The highest BCUT2D eigenvalue weighted by Gasteiger charge is 2.20. The van der Waals surface area contributed by atoms with Crippen LogP contribution in [0.4, 0.5) is 0 Å². The molecule has 0 radical (unpaired) electrons. The fourth-order valence-electron chi connectivity index (χ4n) is 2.62. The van der Waals surface area contributed by atoms with Crippen molar-refractivity contribution in [2.24, 2.45) is 0 Å². The molecule has 0 spiro atoms. The molecular weight excluding hydrogens is 336 g/mol. The second-order valence-electron chi connectivity index (χ2n) is 5.34. The number of fused-ring (bicyclic) bond motifs is 1. The zero-order chi connectivity index (χ0) is 17.2. The van der Waals surface area contributed by atoms with Crippen LogP contribution in [0.1, 0.15) is 5.56 Å². The van der Waals surface area contributed by atoms with Gasteiger partial charge in [0.25, 0.3) is 0 Å². The quantitative estimate of drug-likeness (QED) is 0.774. The van der Waals surface area contributed by atoms with Gasteiger partial charge in [-0.05, 0) is 18.2 Å². The number of thioether (sulfide) groups is 1. The van der Waals surface area contributed by atoms with Gasteiger partial charge in [-0.3, -0.25) is 5.43 Å². The Kier molecular flexibility index (Phi) is 4.07. The Bertz CT molecular complexity index is 938. The van der Waals surface area contributed by atoms with E-state index in [0.29, 0.717) is 11.5 Å². The molecule has 4 rings (SSSR count). The summed E-state index contributed by atoms with van der Waals surface area (Å²) in [5.41, 5.74) is 6.32. The van der Waals surface area contributed by atoms with Crippen LogP contribution in [0, 0.1) is 0 Å². The first-order valence-corrected chi connectivity index (χ1v) is 8.55. The van der Waals surface area contributed by atoms with Crippen molar-refractivity contribution in [2.45, 2.75) is 5.16 Å². The number of nitrogens with one attached hydrogen (secondary N) is 1. The molecule has 3 aromatic rings. The SMILES string of the molecule is COc1ccc(C2=CSc3nnc(-c4ccccc4)n3N2)cc1OC. The van der Waals surface area contributed by atoms with Crippen molar-refractivity contribution in [3.8, 4) is 22.9 Å². The van der Waals surface area contributed by atoms with Gasteiger partial charge >= 0.3 is 0 Å². The molecule has 7 heteroatoms. The van der Waals surface area contributed by atoms with Crippen molar-refractivity contribution in [3.63, 3.8) is 0 Å². The topological polar surface area (TPSA) is 61.2 Å². The van der Waals surface area contributed by atoms with Gasteiger partial charge in [-0.15, -0.1) is 10.2 Å². The Labute approximate surface area is 149 Å². The predicted octanol–water partition coefficient (Wildman–Crippen LogP) is 3.61. The van der Waals surface area contributed by atoms with Crippen LogP contribution in [0.5, 0.6) is 11.5 Å². The van der Waals surface area contributed by atoms with E-state index in [1.165, 1.54) is 11.8 Å². The fourth-order valence-corrected chi connectivity index (χ4v) is 3.35. The second kappa shape index (κ2) is 6.52. The Balaban J connectivity index is 1.69. The minimum Gasteiger partial charge on any atom is -0.493 e.